The minimum Gasteiger partial charge on any atom is -0.337 e. The van der Waals surface area contributed by atoms with Gasteiger partial charge in [0.2, 0.25) is 0 Å². The van der Waals surface area contributed by atoms with E-state index in [1.165, 1.54) is 10.6 Å². The molecule has 1 saturated heterocycles. The molecule has 11 heteroatoms. The van der Waals surface area contributed by atoms with E-state index in [0.717, 1.165) is 34.1 Å². The van der Waals surface area contributed by atoms with Crippen LogP contribution in [-0.2, 0) is 20.8 Å². The number of nitrogens with zero attached hydrogens (tertiary/aromatic N) is 4. The lowest BCUT2D eigenvalue weighted by atomic mass is 9.90. The number of pyridine rings is 1. The number of Topliss-reactive ketones (excluding diaryl/α,β-unsaturated/α-hetero) is 1. The van der Waals surface area contributed by atoms with Gasteiger partial charge in [-0.25, -0.2) is 4.84 Å². The maximum Gasteiger partial charge on any atom is 0.526 e. The fourth-order valence-electron chi connectivity index (χ4n) is 5.44. The maximum absolute atomic E-state index is 14.5. The summed E-state index contributed by atoms with van der Waals surface area (Å²) >= 11 is 6.29. The fraction of sp³-hybridized carbons (Fsp3) is 0.344. The second-order valence-electron chi connectivity index (χ2n) is 11.8. The Morgan fingerprint density at radius 1 is 1.05 bits per heavy atom. The second-order valence-corrected chi connectivity index (χ2v) is 12.2. The summed E-state index contributed by atoms with van der Waals surface area (Å²) < 4.78 is 1.26. The number of rotatable bonds is 7. The van der Waals surface area contributed by atoms with Crippen LogP contribution in [0.5, 0.6) is 0 Å². The molecule has 1 unspecified atom stereocenters. The topological polar surface area (TPSA) is 103 Å². The van der Waals surface area contributed by atoms with Crippen molar-refractivity contribution in [3.63, 3.8) is 0 Å². The van der Waals surface area contributed by atoms with Gasteiger partial charge < -0.3 is 10.2 Å². The lowest BCUT2D eigenvalue weighted by Crippen LogP contribution is -2.75. The van der Waals surface area contributed by atoms with Gasteiger partial charge in [-0.1, -0.05) is 46.9 Å². The number of aromatic nitrogens is 1. The predicted octanol–water partition coefficient (Wildman–Crippen LogP) is 4.61. The van der Waals surface area contributed by atoms with Crippen LogP contribution in [0.2, 0.25) is 5.02 Å². The normalized spacial score (nSPS) is 18.0. The summed E-state index contributed by atoms with van der Waals surface area (Å²) in [4.78, 5) is 62.8. The Labute approximate surface area is 255 Å². The second kappa shape index (κ2) is 12.1. The zero-order valence-corrected chi connectivity index (χ0v) is 25.2. The first kappa shape index (κ1) is 30.2. The third-order valence-corrected chi connectivity index (χ3v) is 7.59. The van der Waals surface area contributed by atoms with Gasteiger partial charge in [0.05, 0.1) is 30.1 Å². The summed E-state index contributed by atoms with van der Waals surface area (Å²) in [7, 11) is 0. The van der Waals surface area contributed by atoms with E-state index in [2.05, 4.69) is 5.32 Å². The van der Waals surface area contributed by atoms with Crippen molar-refractivity contribution in [3.05, 3.63) is 94.8 Å². The largest absolute Gasteiger partial charge is 0.526 e. The number of carbonyl (C=O) groups excluding carboxylic acids is 4. The summed E-state index contributed by atoms with van der Waals surface area (Å²) in [6.45, 7) is 6.02. The molecule has 43 heavy (non-hydrogen) atoms. The Morgan fingerprint density at radius 2 is 1.70 bits per heavy atom. The van der Waals surface area contributed by atoms with E-state index >= 15 is 0 Å². The van der Waals surface area contributed by atoms with Crippen LogP contribution in [0.3, 0.4) is 0 Å². The maximum atomic E-state index is 14.5. The highest BCUT2D eigenvalue weighted by Crippen LogP contribution is 2.38. The molecule has 1 atom stereocenters. The molecule has 2 aliphatic rings. The highest BCUT2D eigenvalue weighted by molar-refractivity contribution is 6.31. The molecule has 1 N–H and O–H groups in total. The molecule has 0 bridgehead atoms. The van der Waals surface area contributed by atoms with Gasteiger partial charge in [0.25, 0.3) is 18.0 Å². The number of hydrogen-bond acceptors (Lipinski definition) is 6. The first-order valence-corrected chi connectivity index (χ1v) is 14.6. The molecule has 3 amide bonds. The standard InChI is InChI=1S/C32H34ClN5O5/c1-31(2,3)43-37(22-39)38(30(42)36-17-13-24(14-18-36)19-23-9-5-4-6-10-23)32(29(41)35-15-7-8-16-35)21-28(40)26-12-11-25(33)20-27(26)34-32/h4-6,9-14,17-18,20,22H,7-8,15-16,19,21H2,1-3H3/p+1. The number of likely N-dealkylation sites (tertiary alicyclic amines) is 1. The SMILES string of the molecule is CC(C)(C)ON(C=O)N(C(=O)[n+]1ccc(Cc2ccccc2)cc1)C1(C(=O)N2CCCC2)CC(=O)c2ccc(Cl)cc2N1. The summed E-state index contributed by atoms with van der Waals surface area (Å²) in [5.41, 5.74) is -0.305. The third kappa shape index (κ3) is 6.40. The van der Waals surface area contributed by atoms with Crippen LogP contribution in [-0.4, -0.2) is 63.6 Å². The van der Waals surface area contributed by atoms with Crippen LogP contribution in [0.25, 0.3) is 0 Å². The third-order valence-electron chi connectivity index (χ3n) is 7.35. The van der Waals surface area contributed by atoms with Gasteiger partial charge in [0.1, 0.15) is 0 Å². The van der Waals surface area contributed by atoms with Gasteiger partial charge in [0, 0.05) is 23.7 Å². The molecule has 224 valence electrons. The average molecular weight is 605 g/mol. The van der Waals surface area contributed by atoms with E-state index < -0.39 is 29.6 Å². The molecule has 3 heterocycles. The monoisotopic (exact) mass is 604 g/mol. The van der Waals surface area contributed by atoms with Crippen molar-refractivity contribution >= 4 is 41.4 Å². The molecule has 10 nitrogen and oxygen atoms in total. The molecule has 0 saturated carbocycles. The number of ketones is 1. The first-order valence-electron chi connectivity index (χ1n) is 14.2. The first-order chi connectivity index (χ1) is 20.5. The van der Waals surface area contributed by atoms with E-state index in [4.69, 9.17) is 16.4 Å². The predicted molar refractivity (Wildman–Crippen MR) is 160 cm³/mol. The molecule has 5 rings (SSSR count). The number of anilines is 1. The Bertz CT molecular complexity index is 1520. The lowest BCUT2D eigenvalue weighted by Gasteiger charge is -2.43. The molecule has 1 aromatic heterocycles. The number of nitrogens with one attached hydrogen (secondary N) is 1. The summed E-state index contributed by atoms with van der Waals surface area (Å²) in [5, 5.41) is 5.14. The molecular weight excluding hydrogens is 570 g/mol. The lowest BCUT2D eigenvalue weighted by molar-refractivity contribution is -0.586. The van der Waals surface area contributed by atoms with Gasteiger partial charge >= 0.3 is 6.03 Å². The Balaban J connectivity index is 1.62. The Hall–Kier alpha value is -4.28. The van der Waals surface area contributed by atoms with E-state index in [1.54, 1.807) is 62.3 Å². The molecule has 1 fully saturated rings. The zero-order chi connectivity index (χ0) is 30.8. The molecular formula is C32H35ClN5O5+. The number of benzene rings is 2. The van der Waals surface area contributed by atoms with E-state index in [-0.39, 0.29) is 11.5 Å². The minimum absolute atomic E-state index is 0.277. The minimum atomic E-state index is -2.03. The highest BCUT2D eigenvalue weighted by Gasteiger charge is 2.62. The Kier molecular flexibility index (Phi) is 8.52. The molecule has 2 aromatic carbocycles. The number of carbonyl (C=O) groups is 4. The van der Waals surface area contributed by atoms with Gasteiger partial charge in [-0.2, -0.15) is 9.36 Å². The Morgan fingerprint density at radius 3 is 2.33 bits per heavy atom. The molecule has 0 aliphatic carbocycles. The van der Waals surface area contributed by atoms with Gasteiger partial charge in [-0.3, -0.25) is 14.4 Å². The van der Waals surface area contributed by atoms with Crippen molar-refractivity contribution in [1.82, 2.24) is 15.1 Å². The number of amides is 3. The smallest absolute Gasteiger partial charge is 0.337 e. The van der Waals surface area contributed by atoms with Crippen molar-refractivity contribution in [2.24, 2.45) is 0 Å². The van der Waals surface area contributed by atoms with Crippen LogP contribution < -0.4 is 9.88 Å². The van der Waals surface area contributed by atoms with Gasteiger partial charge in [-0.05, 0) is 86.7 Å². The van der Waals surface area contributed by atoms with Crippen LogP contribution in [0, 0.1) is 0 Å². The number of halogens is 1. The van der Waals surface area contributed by atoms with Crippen molar-refractivity contribution in [1.29, 1.82) is 0 Å². The summed E-state index contributed by atoms with van der Waals surface area (Å²) in [5.74, 6) is -0.913. The van der Waals surface area contributed by atoms with Gasteiger partial charge in [-0.15, -0.1) is 0 Å². The van der Waals surface area contributed by atoms with E-state index in [0.29, 0.717) is 36.5 Å². The summed E-state index contributed by atoms with van der Waals surface area (Å²) in [6, 6.07) is 17.4. The molecule has 2 aliphatic heterocycles. The molecule has 3 aromatic rings. The quantitative estimate of drug-likeness (QED) is 0.240. The van der Waals surface area contributed by atoms with Crippen LogP contribution >= 0.6 is 11.6 Å². The number of hydroxylamine groups is 1. The summed E-state index contributed by atoms with van der Waals surface area (Å²) in [6.07, 6.45) is 5.23. The van der Waals surface area contributed by atoms with Gasteiger partial charge in [0.15, 0.2) is 5.78 Å². The van der Waals surface area contributed by atoms with Crippen LogP contribution in [0.15, 0.2) is 73.1 Å². The fourth-order valence-corrected chi connectivity index (χ4v) is 5.61. The number of fused-ring (bicyclic) bond motifs is 1. The van der Waals surface area contributed by atoms with Crippen molar-refractivity contribution < 1.29 is 28.6 Å². The highest BCUT2D eigenvalue weighted by atomic mass is 35.5. The van der Waals surface area contributed by atoms with E-state index in [9.17, 15) is 19.2 Å². The van der Waals surface area contributed by atoms with Crippen molar-refractivity contribution in [2.45, 2.75) is 57.7 Å². The number of hydrazine groups is 1. The van der Waals surface area contributed by atoms with Crippen molar-refractivity contribution in [2.75, 3.05) is 18.4 Å². The molecule has 0 radical (unpaired) electrons. The van der Waals surface area contributed by atoms with Crippen LogP contribution in [0.4, 0.5) is 10.5 Å². The van der Waals surface area contributed by atoms with Crippen molar-refractivity contribution in [3.8, 4) is 0 Å². The number of hydrogen-bond donors (Lipinski definition) is 1. The van der Waals surface area contributed by atoms with E-state index in [1.807, 2.05) is 30.3 Å². The molecule has 0 spiro atoms. The zero-order valence-electron chi connectivity index (χ0n) is 24.5. The van der Waals surface area contributed by atoms with Crippen LogP contribution in [0.1, 0.15) is 61.5 Å². The average Bonchev–Trinajstić information content (AvgIpc) is 3.51.